The molecule has 2 aromatic heterocycles. The van der Waals surface area contributed by atoms with Gasteiger partial charge in [-0.15, -0.1) is 0 Å². The van der Waals surface area contributed by atoms with Crippen LogP contribution in [-0.2, 0) is 21.2 Å². The van der Waals surface area contributed by atoms with E-state index in [1.165, 1.54) is 12.1 Å². The maximum atomic E-state index is 11.7. The van der Waals surface area contributed by atoms with Gasteiger partial charge in [-0.05, 0) is 42.8 Å². The second-order valence-corrected chi connectivity index (χ2v) is 8.81. The van der Waals surface area contributed by atoms with Crippen molar-refractivity contribution in [3.8, 4) is 22.6 Å². The molecule has 0 saturated carbocycles. The number of aryl methyl sites for hydroxylation is 1. The van der Waals surface area contributed by atoms with Crippen molar-refractivity contribution in [3.63, 3.8) is 0 Å². The molecule has 9 heteroatoms. The first-order valence-electron chi connectivity index (χ1n) is 9.86. The number of nitrogens with zero attached hydrogens (tertiary/aromatic N) is 2. The van der Waals surface area contributed by atoms with Crippen molar-refractivity contribution in [1.82, 2.24) is 9.55 Å². The van der Waals surface area contributed by atoms with Crippen LogP contribution in [0.1, 0.15) is 18.4 Å². The summed E-state index contributed by atoms with van der Waals surface area (Å²) in [5.41, 5.74) is 2.06. The van der Waals surface area contributed by atoms with Crippen molar-refractivity contribution in [2.45, 2.75) is 23.8 Å². The smallest absolute Gasteiger partial charge is 0.326 e. The minimum Gasteiger partial charge on any atom is -0.480 e. The lowest BCUT2D eigenvalue weighted by Crippen LogP contribution is -2.18. The van der Waals surface area contributed by atoms with E-state index in [0.29, 0.717) is 35.7 Å². The van der Waals surface area contributed by atoms with Crippen LogP contribution in [0.3, 0.4) is 0 Å². The topological polar surface area (TPSA) is 128 Å². The van der Waals surface area contributed by atoms with Gasteiger partial charge in [0, 0.05) is 29.9 Å². The van der Waals surface area contributed by atoms with Gasteiger partial charge in [0.05, 0.1) is 4.90 Å². The molecule has 0 fully saturated rings. The number of carboxylic acid groups (broad SMARTS) is 1. The normalized spacial score (nSPS) is 12.5. The van der Waals surface area contributed by atoms with Gasteiger partial charge in [-0.2, -0.15) is 0 Å². The standard InChI is InChI=1S/C23H21N3O5S/c24-32(29,30)18-10-8-17(9-11-18)22-21(16-6-2-1-3-7-16)25-20(31-22)13-12-19(23(27)28)26-14-4-5-15-26/h1-11,14-15,19H,12-13H2,(H,27,28)(H2,24,29,30). The number of aromatic nitrogens is 2. The highest BCUT2D eigenvalue weighted by atomic mass is 32.2. The van der Waals surface area contributed by atoms with Gasteiger partial charge in [0.2, 0.25) is 10.0 Å². The zero-order valence-electron chi connectivity index (χ0n) is 17.0. The van der Waals surface area contributed by atoms with E-state index >= 15 is 0 Å². The Morgan fingerprint density at radius 1 is 1.00 bits per heavy atom. The van der Waals surface area contributed by atoms with Gasteiger partial charge in [-0.3, -0.25) is 0 Å². The Bertz CT molecular complexity index is 1310. The highest BCUT2D eigenvalue weighted by molar-refractivity contribution is 7.89. The first kappa shape index (κ1) is 21.5. The third kappa shape index (κ3) is 4.63. The molecular formula is C23H21N3O5S. The lowest BCUT2D eigenvalue weighted by Gasteiger charge is -2.13. The number of aliphatic carboxylic acids is 1. The van der Waals surface area contributed by atoms with Gasteiger partial charge in [-0.1, -0.05) is 30.3 Å². The Labute approximate surface area is 185 Å². The summed E-state index contributed by atoms with van der Waals surface area (Å²) in [6.07, 6.45) is 4.03. The van der Waals surface area contributed by atoms with E-state index in [1.807, 2.05) is 30.3 Å². The third-order valence-corrected chi connectivity index (χ3v) is 6.00. The predicted molar refractivity (Wildman–Crippen MR) is 118 cm³/mol. The number of oxazole rings is 1. The molecule has 4 rings (SSSR count). The summed E-state index contributed by atoms with van der Waals surface area (Å²) >= 11 is 0. The Balaban J connectivity index is 1.68. The fourth-order valence-electron chi connectivity index (χ4n) is 3.47. The number of rotatable bonds is 8. The molecule has 0 bridgehead atoms. The van der Waals surface area contributed by atoms with Crippen LogP contribution in [0, 0.1) is 0 Å². The number of benzene rings is 2. The molecule has 0 radical (unpaired) electrons. The van der Waals surface area contributed by atoms with E-state index in [9.17, 15) is 18.3 Å². The maximum Gasteiger partial charge on any atom is 0.326 e. The van der Waals surface area contributed by atoms with Crippen molar-refractivity contribution in [1.29, 1.82) is 0 Å². The summed E-state index contributed by atoms with van der Waals surface area (Å²) in [6.45, 7) is 0. The van der Waals surface area contributed by atoms with E-state index in [2.05, 4.69) is 4.98 Å². The van der Waals surface area contributed by atoms with Crippen molar-refractivity contribution >= 4 is 16.0 Å². The molecule has 0 spiro atoms. The average molecular weight is 452 g/mol. The highest BCUT2D eigenvalue weighted by Gasteiger charge is 2.22. The number of nitrogens with two attached hydrogens (primary N) is 1. The van der Waals surface area contributed by atoms with Crippen LogP contribution in [-0.4, -0.2) is 29.0 Å². The highest BCUT2D eigenvalue weighted by Crippen LogP contribution is 2.34. The minimum absolute atomic E-state index is 0.00160. The molecule has 32 heavy (non-hydrogen) atoms. The van der Waals surface area contributed by atoms with Crippen LogP contribution in [0.25, 0.3) is 22.6 Å². The third-order valence-electron chi connectivity index (χ3n) is 5.07. The lowest BCUT2D eigenvalue weighted by atomic mass is 10.1. The molecule has 0 aliphatic rings. The summed E-state index contributed by atoms with van der Waals surface area (Å²) < 4.78 is 30.8. The van der Waals surface area contributed by atoms with Crippen LogP contribution in [0.4, 0.5) is 0 Å². The fraction of sp³-hybridized carbons (Fsp3) is 0.130. The lowest BCUT2D eigenvalue weighted by molar-refractivity contribution is -0.141. The van der Waals surface area contributed by atoms with Gasteiger partial charge < -0.3 is 14.1 Å². The number of carbonyl (C=O) groups is 1. The zero-order valence-corrected chi connectivity index (χ0v) is 17.8. The van der Waals surface area contributed by atoms with Crippen molar-refractivity contribution in [2.75, 3.05) is 0 Å². The largest absolute Gasteiger partial charge is 0.480 e. The van der Waals surface area contributed by atoms with Gasteiger partial charge in [0.1, 0.15) is 11.7 Å². The summed E-state index contributed by atoms with van der Waals surface area (Å²) in [4.78, 5) is 16.3. The SMILES string of the molecule is NS(=O)(=O)c1ccc(-c2oc(CCC(C(=O)O)n3cccc3)nc2-c2ccccc2)cc1. The van der Waals surface area contributed by atoms with Gasteiger partial charge in [0.25, 0.3) is 0 Å². The Morgan fingerprint density at radius 2 is 1.66 bits per heavy atom. The quantitative estimate of drug-likeness (QED) is 0.420. The molecule has 2 aromatic carbocycles. The predicted octanol–water partition coefficient (Wildman–Crippen LogP) is 3.72. The molecule has 0 saturated heterocycles. The number of hydrogen-bond donors (Lipinski definition) is 2. The Morgan fingerprint density at radius 3 is 2.25 bits per heavy atom. The molecule has 1 atom stereocenters. The van der Waals surface area contributed by atoms with E-state index in [-0.39, 0.29) is 4.90 Å². The second kappa shape index (κ2) is 8.81. The zero-order chi connectivity index (χ0) is 22.7. The van der Waals surface area contributed by atoms with E-state index in [4.69, 9.17) is 9.56 Å². The first-order valence-corrected chi connectivity index (χ1v) is 11.4. The summed E-state index contributed by atoms with van der Waals surface area (Å²) in [7, 11) is -3.81. The van der Waals surface area contributed by atoms with E-state index < -0.39 is 22.0 Å². The molecule has 1 unspecified atom stereocenters. The van der Waals surface area contributed by atoms with Crippen molar-refractivity contribution in [3.05, 3.63) is 85.0 Å². The van der Waals surface area contributed by atoms with Crippen LogP contribution in [0.15, 0.2) is 88.4 Å². The fourth-order valence-corrected chi connectivity index (χ4v) is 3.99. The monoisotopic (exact) mass is 451 g/mol. The summed E-state index contributed by atoms with van der Waals surface area (Å²) in [5, 5.41) is 14.8. The molecule has 0 amide bonds. The molecule has 2 heterocycles. The van der Waals surface area contributed by atoms with E-state index in [0.717, 1.165) is 5.56 Å². The van der Waals surface area contributed by atoms with Crippen LogP contribution in [0.2, 0.25) is 0 Å². The number of primary sulfonamides is 1. The molecule has 4 aromatic rings. The average Bonchev–Trinajstić information content (AvgIpc) is 3.44. The maximum absolute atomic E-state index is 11.7. The minimum atomic E-state index is -3.81. The first-order chi connectivity index (χ1) is 15.3. The summed E-state index contributed by atoms with van der Waals surface area (Å²) in [6, 6.07) is 18.3. The molecule has 3 N–H and O–H groups in total. The van der Waals surface area contributed by atoms with Gasteiger partial charge >= 0.3 is 5.97 Å². The van der Waals surface area contributed by atoms with Crippen LogP contribution in [0.5, 0.6) is 0 Å². The summed E-state index contributed by atoms with van der Waals surface area (Å²) in [5.74, 6) is -0.0670. The van der Waals surface area contributed by atoms with E-state index in [1.54, 1.807) is 41.2 Å². The van der Waals surface area contributed by atoms with Crippen molar-refractivity contribution in [2.24, 2.45) is 5.14 Å². The molecule has 0 aliphatic heterocycles. The number of sulfonamides is 1. The van der Waals surface area contributed by atoms with Crippen LogP contribution < -0.4 is 5.14 Å². The molecule has 164 valence electrons. The van der Waals surface area contributed by atoms with Crippen LogP contribution >= 0.6 is 0 Å². The van der Waals surface area contributed by atoms with Gasteiger partial charge in [-0.25, -0.2) is 23.3 Å². The molecule has 8 nitrogen and oxygen atoms in total. The molecule has 0 aliphatic carbocycles. The second-order valence-electron chi connectivity index (χ2n) is 7.24. The van der Waals surface area contributed by atoms with Gasteiger partial charge in [0.15, 0.2) is 11.7 Å². The Kier molecular flexibility index (Phi) is 5.93. The van der Waals surface area contributed by atoms with Crippen molar-refractivity contribution < 1.29 is 22.7 Å². The Hall–Kier alpha value is -3.69. The number of carboxylic acids is 1. The molecular weight excluding hydrogens is 430 g/mol. The number of hydrogen-bond acceptors (Lipinski definition) is 5.